The number of fused-ring (bicyclic) bond motifs is 1. The number of imidazole rings is 1. The summed E-state index contributed by atoms with van der Waals surface area (Å²) >= 11 is 3.07. The zero-order chi connectivity index (χ0) is 21.0. The van der Waals surface area contributed by atoms with Gasteiger partial charge in [0.1, 0.15) is 5.82 Å². The molecule has 0 unspecified atom stereocenters. The number of aromatic amines is 1. The van der Waals surface area contributed by atoms with Gasteiger partial charge in [-0.3, -0.25) is 0 Å². The third-order valence-corrected chi connectivity index (χ3v) is 8.32. The second kappa shape index (κ2) is 9.41. The highest BCUT2D eigenvalue weighted by Crippen LogP contribution is 2.29. The van der Waals surface area contributed by atoms with Crippen LogP contribution in [0.5, 0.6) is 0 Å². The highest BCUT2D eigenvalue weighted by atomic mass is 32.2. The Morgan fingerprint density at radius 2 is 2.00 bits per heavy atom. The van der Waals surface area contributed by atoms with E-state index >= 15 is 0 Å². The van der Waals surface area contributed by atoms with Crippen molar-refractivity contribution in [2.45, 2.75) is 42.7 Å². The first-order valence-electron chi connectivity index (χ1n) is 9.52. The number of anilines is 1. The molecule has 29 heavy (non-hydrogen) atoms. The first kappa shape index (κ1) is 22.0. The fourth-order valence-electron chi connectivity index (χ4n) is 2.74. The summed E-state index contributed by atoms with van der Waals surface area (Å²) in [6.07, 6.45) is 0. The van der Waals surface area contributed by atoms with Crippen LogP contribution in [0.25, 0.3) is 11.0 Å². The number of hydrogen-bond donors (Lipinski definition) is 2. The van der Waals surface area contributed by atoms with E-state index in [1.165, 1.54) is 15.6 Å². The maximum absolute atomic E-state index is 12.7. The van der Waals surface area contributed by atoms with Gasteiger partial charge in [-0.25, -0.2) is 13.4 Å². The van der Waals surface area contributed by atoms with Crippen molar-refractivity contribution in [3.05, 3.63) is 24.0 Å². The normalized spacial score (nSPS) is 12.3. The molecule has 3 aromatic rings. The molecule has 0 aliphatic heterocycles. The highest BCUT2D eigenvalue weighted by molar-refractivity contribution is 8.00. The summed E-state index contributed by atoms with van der Waals surface area (Å²) in [5.41, 5.74) is 1.46. The summed E-state index contributed by atoms with van der Waals surface area (Å²) in [7, 11) is -3.49. The fourth-order valence-corrected chi connectivity index (χ4v) is 5.86. The molecule has 2 aromatic heterocycles. The van der Waals surface area contributed by atoms with Crippen LogP contribution < -0.4 is 5.32 Å². The van der Waals surface area contributed by atoms with Gasteiger partial charge in [0.05, 0.1) is 21.7 Å². The molecule has 0 saturated carbocycles. The van der Waals surface area contributed by atoms with E-state index in [2.05, 4.69) is 39.3 Å². The minimum Gasteiger partial charge on any atom is -0.360 e. The van der Waals surface area contributed by atoms with Crippen molar-refractivity contribution in [2.24, 2.45) is 5.92 Å². The van der Waals surface area contributed by atoms with Crippen LogP contribution in [-0.4, -0.2) is 52.5 Å². The minimum absolute atomic E-state index is 0.279. The van der Waals surface area contributed by atoms with Crippen molar-refractivity contribution in [3.63, 3.8) is 0 Å². The van der Waals surface area contributed by atoms with Crippen molar-refractivity contribution in [1.29, 1.82) is 0 Å². The second-order valence-corrected chi connectivity index (χ2v) is 11.0. The van der Waals surface area contributed by atoms with Gasteiger partial charge in [0, 0.05) is 19.6 Å². The van der Waals surface area contributed by atoms with Crippen LogP contribution in [0.15, 0.2) is 27.4 Å². The van der Waals surface area contributed by atoms with Gasteiger partial charge in [0.25, 0.3) is 0 Å². The Kier molecular flexibility index (Phi) is 7.14. The van der Waals surface area contributed by atoms with Crippen molar-refractivity contribution < 1.29 is 8.42 Å². The molecule has 0 atom stereocenters. The molecule has 0 bridgehead atoms. The lowest BCUT2D eigenvalue weighted by molar-refractivity contribution is 0.445. The predicted octanol–water partition coefficient (Wildman–Crippen LogP) is 3.81. The summed E-state index contributed by atoms with van der Waals surface area (Å²) < 4.78 is 27.8. The lowest BCUT2D eigenvalue weighted by Crippen LogP contribution is -2.30. The van der Waals surface area contributed by atoms with E-state index in [4.69, 9.17) is 0 Å². The molecule has 3 rings (SSSR count). The first-order chi connectivity index (χ1) is 13.8. The average Bonchev–Trinajstić information content (AvgIpc) is 3.31. The van der Waals surface area contributed by atoms with Gasteiger partial charge >= 0.3 is 0 Å². The van der Waals surface area contributed by atoms with E-state index in [0.29, 0.717) is 30.3 Å². The number of rotatable bonds is 10. The molecule has 0 radical (unpaired) electrons. The fraction of sp³-hybridized carbons (Fsp3) is 0.500. The lowest BCUT2D eigenvalue weighted by Gasteiger charge is -2.18. The number of sulfonamides is 1. The Morgan fingerprint density at radius 3 is 2.69 bits per heavy atom. The molecule has 0 saturated heterocycles. The van der Waals surface area contributed by atoms with Gasteiger partial charge in [-0.15, -0.1) is 10.2 Å². The van der Waals surface area contributed by atoms with Crippen molar-refractivity contribution in [2.75, 3.05) is 25.0 Å². The van der Waals surface area contributed by atoms with Gasteiger partial charge in [0.2, 0.25) is 15.2 Å². The Labute approximate surface area is 179 Å². The van der Waals surface area contributed by atoms with Crippen LogP contribution in [0.1, 0.15) is 33.5 Å². The van der Waals surface area contributed by atoms with Crippen molar-refractivity contribution >= 4 is 49.3 Å². The van der Waals surface area contributed by atoms with E-state index in [-0.39, 0.29) is 4.90 Å². The van der Waals surface area contributed by atoms with Gasteiger partial charge < -0.3 is 10.3 Å². The molecule has 158 valence electrons. The van der Waals surface area contributed by atoms with Gasteiger partial charge in [-0.2, -0.15) is 4.31 Å². The Morgan fingerprint density at radius 1 is 1.24 bits per heavy atom. The number of benzene rings is 1. The number of thioether (sulfide) groups is 1. The van der Waals surface area contributed by atoms with E-state index < -0.39 is 10.0 Å². The number of aromatic nitrogens is 4. The maximum atomic E-state index is 12.7. The van der Waals surface area contributed by atoms with Crippen LogP contribution >= 0.6 is 23.1 Å². The van der Waals surface area contributed by atoms with Gasteiger partial charge in [0.15, 0.2) is 4.34 Å². The third-order valence-electron chi connectivity index (χ3n) is 4.25. The SMILES string of the molecule is CCN(CC)S(=O)(=O)c1ccc2nc(CSc3nnc(NCC(C)C)s3)[nH]c2c1. The predicted molar refractivity (Wildman–Crippen MR) is 119 cm³/mol. The molecule has 0 aliphatic rings. The third kappa shape index (κ3) is 5.27. The van der Waals surface area contributed by atoms with Crippen LogP contribution in [-0.2, 0) is 15.8 Å². The summed E-state index contributed by atoms with van der Waals surface area (Å²) in [4.78, 5) is 8.06. The molecule has 11 heteroatoms. The Hall–Kier alpha value is -1.69. The maximum Gasteiger partial charge on any atom is 0.243 e. The van der Waals surface area contributed by atoms with Crippen LogP contribution in [0.3, 0.4) is 0 Å². The zero-order valence-electron chi connectivity index (χ0n) is 17.0. The van der Waals surface area contributed by atoms with Crippen LogP contribution in [0, 0.1) is 5.92 Å². The van der Waals surface area contributed by atoms with Gasteiger partial charge in [-0.1, -0.05) is 50.8 Å². The Bertz CT molecular complexity index is 1060. The number of nitrogens with zero attached hydrogens (tertiary/aromatic N) is 4. The van der Waals surface area contributed by atoms with Crippen molar-refractivity contribution in [1.82, 2.24) is 24.5 Å². The average molecular weight is 455 g/mol. The largest absolute Gasteiger partial charge is 0.360 e. The number of nitrogens with one attached hydrogen (secondary N) is 2. The quantitative estimate of drug-likeness (QED) is 0.449. The molecule has 2 heterocycles. The van der Waals surface area contributed by atoms with E-state index in [1.807, 2.05) is 13.8 Å². The summed E-state index contributed by atoms with van der Waals surface area (Å²) in [5, 5.41) is 12.4. The standard InChI is InChI=1S/C18H26N6O2S3/c1-5-24(6-2)29(25,26)13-7-8-14-15(9-13)21-16(20-14)11-27-18-23-22-17(28-18)19-10-12(3)4/h7-9,12H,5-6,10-11H2,1-4H3,(H,19,22)(H,20,21). The summed E-state index contributed by atoms with van der Waals surface area (Å²) in [6, 6.07) is 5.02. The molecule has 8 nitrogen and oxygen atoms in total. The van der Waals surface area contributed by atoms with E-state index in [9.17, 15) is 8.42 Å². The number of hydrogen-bond acceptors (Lipinski definition) is 8. The molecule has 1 aromatic carbocycles. The van der Waals surface area contributed by atoms with Gasteiger partial charge in [-0.05, 0) is 24.1 Å². The minimum atomic E-state index is -3.49. The lowest BCUT2D eigenvalue weighted by atomic mass is 10.2. The Balaban J connectivity index is 1.70. The molecule has 0 amide bonds. The first-order valence-corrected chi connectivity index (χ1v) is 12.8. The van der Waals surface area contributed by atoms with E-state index in [0.717, 1.165) is 27.4 Å². The molecular weight excluding hydrogens is 428 g/mol. The monoisotopic (exact) mass is 454 g/mol. The van der Waals surface area contributed by atoms with Crippen molar-refractivity contribution in [3.8, 4) is 0 Å². The smallest absolute Gasteiger partial charge is 0.243 e. The van der Waals surface area contributed by atoms with Crippen LogP contribution in [0.2, 0.25) is 0 Å². The zero-order valence-corrected chi connectivity index (χ0v) is 19.4. The molecule has 2 N–H and O–H groups in total. The molecule has 0 spiro atoms. The van der Waals surface area contributed by atoms with Crippen LogP contribution in [0.4, 0.5) is 5.13 Å². The summed E-state index contributed by atoms with van der Waals surface area (Å²) in [6.45, 7) is 9.70. The highest BCUT2D eigenvalue weighted by Gasteiger charge is 2.22. The molecule has 0 aliphatic carbocycles. The van der Waals surface area contributed by atoms with E-state index in [1.54, 1.807) is 30.0 Å². The number of H-pyrrole nitrogens is 1. The second-order valence-electron chi connectivity index (χ2n) is 6.89. The molecular formula is C18H26N6O2S3. The topological polar surface area (TPSA) is 104 Å². The molecule has 0 fully saturated rings. The summed E-state index contributed by atoms with van der Waals surface area (Å²) in [5.74, 6) is 1.92.